The SMILES string of the molecule is N[C@H](c1c(F)cccc1Br)C1CCOCC1. The van der Waals surface area contributed by atoms with Gasteiger partial charge >= 0.3 is 0 Å². The largest absolute Gasteiger partial charge is 0.381 e. The Bertz CT molecular complexity index is 346. The number of hydrogen-bond donors (Lipinski definition) is 1. The Kier molecular flexibility index (Phi) is 3.95. The molecule has 16 heavy (non-hydrogen) atoms. The van der Waals surface area contributed by atoms with Crippen LogP contribution in [-0.2, 0) is 4.74 Å². The molecule has 1 heterocycles. The first-order chi connectivity index (χ1) is 7.70. The van der Waals surface area contributed by atoms with Gasteiger partial charge in [-0.3, -0.25) is 0 Å². The van der Waals surface area contributed by atoms with Crippen LogP contribution in [0.5, 0.6) is 0 Å². The van der Waals surface area contributed by atoms with Crippen molar-refractivity contribution in [1.82, 2.24) is 0 Å². The van der Waals surface area contributed by atoms with E-state index < -0.39 is 0 Å². The van der Waals surface area contributed by atoms with Gasteiger partial charge in [-0.25, -0.2) is 4.39 Å². The summed E-state index contributed by atoms with van der Waals surface area (Å²) < 4.78 is 19.8. The van der Waals surface area contributed by atoms with Crippen LogP contribution in [0.2, 0.25) is 0 Å². The summed E-state index contributed by atoms with van der Waals surface area (Å²) in [6.45, 7) is 1.45. The molecule has 0 radical (unpaired) electrons. The highest BCUT2D eigenvalue weighted by Gasteiger charge is 2.25. The molecule has 1 saturated heterocycles. The van der Waals surface area contributed by atoms with Crippen molar-refractivity contribution in [2.24, 2.45) is 11.7 Å². The molecule has 4 heteroatoms. The fraction of sp³-hybridized carbons (Fsp3) is 0.500. The van der Waals surface area contributed by atoms with Crippen LogP contribution in [0.25, 0.3) is 0 Å². The van der Waals surface area contributed by atoms with Gasteiger partial charge in [0.2, 0.25) is 0 Å². The fourth-order valence-corrected chi connectivity index (χ4v) is 2.75. The summed E-state index contributed by atoms with van der Waals surface area (Å²) in [5, 5.41) is 0. The van der Waals surface area contributed by atoms with E-state index in [1.165, 1.54) is 6.07 Å². The highest BCUT2D eigenvalue weighted by atomic mass is 79.9. The Morgan fingerprint density at radius 2 is 2.06 bits per heavy atom. The van der Waals surface area contributed by atoms with E-state index >= 15 is 0 Å². The molecular weight excluding hydrogens is 273 g/mol. The topological polar surface area (TPSA) is 35.2 Å². The van der Waals surface area contributed by atoms with Crippen molar-refractivity contribution in [3.05, 3.63) is 34.1 Å². The van der Waals surface area contributed by atoms with Crippen molar-refractivity contribution in [2.45, 2.75) is 18.9 Å². The molecule has 1 aliphatic rings. The average molecular weight is 288 g/mol. The second kappa shape index (κ2) is 5.25. The minimum absolute atomic E-state index is 0.228. The maximum atomic E-state index is 13.7. The number of halogens is 2. The molecule has 0 aromatic heterocycles. The predicted molar refractivity (Wildman–Crippen MR) is 64.6 cm³/mol. The minimum Gasteiger partial charge on any atom is -0.381 e. The van der Waals surface area contributed by atoms with Gasteiger partial charge in [-0.1, -0.05) is 22.0 Å². The zero-order chi connectivity index (χ0) is 11.5. The second-order valence-corrected chi connectivity index (χ2v) is 4.97. The summed E-state index contributed by atoms with van der Waals surface area (Å²) in [5.74, 6) is 0.0790. The first-order valence-electron chi connectivity index (χ1n) is 5.47. The normalized spacial score (nSPS) is 19.7. The van der Waals surface area contributed by atoms with Crippen molar-refractivity contribution in [2.75, 3.05) is 13.2 Å². The zero-order valence-electron chi connectivity index (χ0n) is 8.96. The molecule has 0 spiro atoms. The Morgan fingerprint density at radius 3 is 2.69 bits per heavy atom. The molecule has 0 amide bonds. The van der Waals surface area contributed by atoms with Crippen molar-refractivity contribution in [1.29, 1.82) is 0 Å². The minimum atomic E-state index is -0.250. The maximum absolute atomic E-state index is 13.7. The fourth-order valence-electron chi connectivity index (χ4n) is 2.14. The lowest BCUT2D eigenvalue weighted by atomic mass is 9.87. The molecule has 0 aliphatic carbocycles. The van der Waals surface area contributed by atoms with E-state index in [2.05, 4.69) is 15.9 Å². The standard InChI is InChI=1S/C12H15BrFNO/c13-9-2-1-3-10(14)11(9)12(15)8-4-6-16-7-5-8/h1-3,8,12H,4-7,15H2/t12-/m0/s1. The Morgan fingerprint density at radius 1 is 1.38 bits per heavy atom. The molecule has 2 rings (SSSR count). The van der Waals surface area contributed by atoms with Gasteiger partial charge in [-0.15, -0.1) is 0 Å². The lowest BCUT2D eigenvalue weighted by Gasteiger charge is -2.28. The van der Waals surface area contributed by atoms with E-state index in [0.717, 1.165) is 30.5 Å². The molecule has 1 aliphatic heterocycles. The van der Waals surface area contributed by atoms with E-state index in [1.54, 1.807) is 6.07 Å². The van der Waals surface area contributed by atoms with Crippen LogP contribution < -0.4 is 5.73 Å². The molecule has 1 atom stereocenters. The molecule has 2 N–H and O–H groups in total. The van der Waals surface area contributed by atoms with E-state index in [4.69, 9.17) is 10.5 Å². The lowest BCUT2D eigenvalue weighted by molar-refractivity contribution is 0.0579. The monoisotopic (exact) mass is 287 g/mol. The van der Waals surface area contributed by atoms with Crippen molar-refractivity contribution >= 4 is 15.9 Å². The summed E-state index contributed by atoms with van der Waals surface area (Å²) in [5.41, 5.74) is 6.74. The molecule has 0 saturated carbocycles. The average Bonchev–Trinajstić information content (AvgIpc) is 2.30. The highest BCUT2D eigenvalue weighted by molar-refractivity contribution is 9.10. The maximum Gasteiger partial charge on any atom is 0.129 e. The molecular formula is C12H15BrFNO. The Hall–Kier alpha value is -0.450. The van der Waals surface area contributed by atoms with Crippen LogP contribution in [0.3, 0.4) is 0 Å². The number of hydrogen-bond acceptors (Lipinski definition) is 2. The van der Waals surface area contributed by atoms with Gasteiger partial charge in [0.15, 0.2) is 0 Å². The summed E-state index contributed by atoms with van der Waals surface area (Å²) >= 11 is 3.36. The molecule has 0 unspecified atom stereocenters. The smallest absolute Gasteiger partial charge is 0.129 e. The van der Waals surface area contributed by atoms with Crippen LogP contribution in [0, 0.1) is 11.7 Å². The van der Waals surface area contributed by atoms with Crippen molar-refractivity contribution < 1.29 is 9.13 Å². The number of benzene rings is 1. The van der Waals surface area contributed by atoms with E-state index in [9.17, 15) is 4.39 Å². The second-order valence-electron chi connectivity index (χ2n) is 4.11. The summed E-state index contributed by atoms with van der Waals surface area (Å²) in [7, 11) is 0. The van der Waals surface area contributed by atoms with Gasteiger partial charge in [0.25, 0.3) is 0 Å². The zero-order valence-corrected chi connectivity index (χ0v) is 10.5. The van der Waals surface area contributed by atoms with Gasteiger partial charge in [0, 0.05) is 29.3 Å². The van der Waals surface area contributed by atoms with Gasteiger partial charge in [0.1, 0.15) is 5.82 Å². The third-order valence-corrected chi connectivity index (χ3v) is 3.80. The summed E-state index contributed by atoms with van der Waals surface area (Å²) in [6, 6.07) is 4.72. The third-order valence-electron chi connectivity index (χ3n) is 3.11. The van der Waals surface area contributed by atoms with E-state index in [0.29, 0.717) is 11.5 Å². The molecule has 2 nitrogen and oxygen atoms in total. The first-order valence-corrected chi connectivity index (χ1v) is 6.26. The van der Waals surface area contributed by atoms with E-state index in [1.807, 2.05) is 6.07 Å². The number of nitrogens with two attached hydrogens (primary N) is 1. The Labute approximate surface area is 103 Å². The lowest BCUT2D eigenvalue weighted by Crippen LogP contribution is -2.28. The quantitative estimate of drug-likeness (QED) is 0.908. The molecule has 1 aromatic rings. The number of ether oxygens (including phenoxy) is 1. The molecule has 0 bridgehead atoms. The van der Waals surface area contributed by atoms with Gasteiger partial charge < -0.3 is 10.5 Å². The molecule has 88 valence electrons. The molecule has 1 fully saturated rings. The predicted octanol–water partition coefficient (Wildman–Crippen LogP) is 3.01. The van der Waals surface area contributed by atoms with Crippen LogP contribution in [0.4, 0.5) is 4.39 Å². The molecule has 1 aromatic carbocycles. The third kappa shape index (κ3) is 2.44. The summed E-state index contributed by atoms with van der Waals surface area (Å²) in [4.78, 5) is 0. The van der Waals surface area contributed by atoms with Crippen LogP contribution >= 0.6 is 15.9 Å². The van der Waals surface area contributed by atoms with Crippen LogP contribution in [0.15, 0.2) is 22.7 Å². The Balaban J connectivity index is 2.22. The van der Waals surface area contributed by atoms with E-state index in [-0.39, 0.29) is 11.9 Å². The van der Waals surface area contributed by atoms with Gasteiger partial charge in [0.05, 0.1) is 0 Å². The van der Waals surface area contributed by atoms with Crippen LogP contribution in [-0.4, -0.2) is 13.2 Å². The van der Waals surface area contributed by atoms with Gasteiger partial charge in [-0.05, 0) is 30.9 Å². The highest BCUT2D eigenvalue weighted by Crippen LogP contribution is 2.33. The van der Waals surface area contributed by atoms with Gasteiger partial charge in [-0.2, -0.15) is 0 Å². The van der Waals surface area contributed by atoms with Crippen molar-refractivity contribution in [3.8, 4) is 0 Å². The number of rotatable bonds is 2. The van der Waals surface area contributed by atoms with Crippen molar-refractivity contribution in [3.63, 3.8) is 0 Å². The van der Waals surface area contributed by atoms with Crippen LogP contribution in [0.1, 0.15) is 24.4 Å². The summed E-state index contributed by atoms with van der Waals surface area (Å²) in [6.07, 6.45) is 1.81. The first kappa shape index (κ1) is 12.0.